The molecule has 0 saturated heterocycles. The number of carbonyl (C=O) groups is 3. The van der Waals surface area contributed by atoms with Crippen LogP contribution in [0.1, 0.15) is 52.4 Å². The Morgan fingerprint density at radius 2 is 2.04 bits per heavy atom. The molecule has 0 amide bonds. The summed E-state index contributed by atoms with van der Waals surface area (Å²) in [6, 6.07) is 0. The lowest BCUT2D eigenvalue weighted by molar-refractivity contribution is -0.164. The molecule has 27 heavy (non-hydrogen) atoms. The van der Waals surface area contributed by atoms with Gasteiger partial charge in [-0.2, -0.15) is 0 Å². The molecule has 3 aliphatic carbocycles. The molecule has 5 nitrogen and oxygen atoms in total. The average molecular weight is 374 g/mol. The second-order valence-electron chi connectivity index (χ2n) is 8.72. The SMILES string of the molecule is C=CCOC(=O)[C@H]1C[C@H]2CC[C@@H]3[C@](C)(C(=O)OC)CCC[C@@]3(C)C2=CC1=O. The number of ketones is 1. The van der Waals surface area contributed by atoms with Gasteiger partial charge in [-0.05, 0) is 62.4 Å². The van der Waals surface area contributed by atoms with Crippen molar-refractivity contribution in [2.24, 2.45) is 28.6 Å². The Bertz CT molecular complexity index is 693. The van der Waals surface area contributed by atoms with Gasteiger partial charge < -0.3 is 9.47 Å². The lowest BCUT2D eigenvalue weighted by Gasteiger charge is -2.57. The Morgan fingerprint density at radius 1 is 1.30 bits per heavy atom. The van der Waals surface area contributed by atoms with E-state index in [1.807, 2.05) is 6.92 Å². The standard InChI is InChI=1S/C22H30O5/c1-5-11-27-19(24)15-12-14-7-8-18-21(2,16(14)13-17(15)23)9-6-10-22(18,3)20(25)26-4/h5,13-15,18H,1,6-12H2,2-4H3/t14-,15+,18+,21+,22-/m1/s1. The summed E-state index contributed by atoms with van der Waals surface area (Å²) >= 11 is 0. The van der Waals surface area contributed by atoms with Gasteiger partial charge in [0.15, 0.2) is 5.78 Å². The molecule has 0 unspecified atom stereocenters. The smallest absolute Gasteiger partial charge is 0.317 e. The third kappa shape index (κ3) is 3.15. The van der Waals surface area contributed by atoms with Crippen molar-refractivity contribution in [2.45, 2.75) is 52.4 Å². The first kappa shape index (κ1) is 19.8. The molecule has 0 aromatic rings. The van der Waals surface area contributed by atoms with Crippen LogP contribution >= 0.6 is 0 Å². The van der Waals surface area contributed by atoms with Crippen molar-refractivity contribution in [1.29, 1.82) is 0 Å². The highest BCUT2D eigenvalue weighted by atomic mass is 16.5. The third-order valence-corrected chi connectivity index (χ3v) is 7.27. The maximum atomic E-state index is 12.7. The molecular weight excluding hydrogens is 344 g/mol. The third-order valence-electron chi connectivity index (χ3n) is 7.27. The van der Waals surface area contributed by atoms with Crippen LogP contribution in [0.5, 0.6) is 0 Å². The second-order valence-corrected chi connectivity index (χ2v) is 8.72. The summed E-state index contributed by atoms with van der Waals surface area (Å²) in [5, 5.41) is 0. The Morgan fingerprint density at radius 3 is 2.70 bits per heavy atom. The number of hydrogen-bond acceptors (Lipinski definition) is 5. The Balaban J connectivity index is 1.91. The molecule has 3 rings (SSSR count). The zero-order chi connectivity index (χ0) is 19.8. The predicted octanol–water partition coefficient (Wildman–Crippen LogP) is 3.63. The minimum atomic E-state index is -0.713. The van der Waals surface area contributed by atoms with E-state index in [1.54, 1.807) is 6.08 Å². The summed E-state index contributed by atoms with van der Waals surface area (Å²) < 4.78 is 10.3. The lowest BCUT2D eigenvalue weighted by Crippen LogP contribution is -2.53. The van der Waals surface area contributed by atoms with Crippen LogP contribution in [-0.4, -0.2) is 31.4 Å². The molecule has 0 heterocycles. The monoisotopic (exact) mass is 374 g/mol. The van der Waals surface area contributed by atoms with Crippen molar-refractivity contribution >= 4 is 17.7 Å². The zero-order valence-corrected chi connectivity index (χ0v) is 16.6. The molecule has 0 bridgehead atoms. The highest BCUT2D eigenvalue weighted by Crippen LogP contribution is 2.62. The van der Waals surface area contributed by atoms with Gasteiger partial charge in [0.25, 0.3) is 0 Å². The van der Waals surface area contributed by atoms with Crippen molar-refractivity contribution in [3.8, 4) is 0 Å². The number of esters is 2. The van der Waals surface area contributed by atoms with Crippen LogP contribution in [0, 0.1) is 28.6 Å². The first-order chi connectivity index (χ1) is 12.8. The van der Waals surface area contributed by atoms with Crippen LogP contribution in [-0.2, 0) is 23.9 Å². The number of carbonyl (C=O) groups excluding carboxylic acids is 3. The van der Waals surface area contributed by atoms with Gasteiger partial charge in [-0.15, -0.1) is 0 Å². The molecule has 5 atom stereocenters. The van der Waals surface area contributed by atoms with Gasteiger partial charge in [-0.1, -0.05) is 31.6 Å². The molecule has 0 radical (unpaired) electrons. The molecule has 148 valence electrons. The molecule has 0 aliphatic heterocycles. The Kier molecular flexibility index (Phi) is 5.33. The van der Waals surface area contributed by atoms with Gasteiger partial charge in [0.2, 0.25) is 0 Å². The van der Waals surface area contributed by atoms with Gasteiger partial charge in [-0.3, -0.25) is 14.4 Å². The summed E-state index contributed by atoms with van der Waals surface area (Å²) in [5.74, 6) is -1.12. The molecule has 5 heteroatoms. The summed E-state index contributed by atoms with van der Waals surface area (Å²) in [5.41, 5.74) is 0.415. The van der Waals surface area contributed by atoms with Gasteiger partial charge in [0, 0.05) is 0 Å². The normalized spacial score (nSPS) is 38.1. The maximum Gasteiger partial charge on any atom is 0.317 e. The van der Waals surface area contributed by atoms with Crippen LogP contribution in [0.2, 0.25) is 0 Å². The van der Waals surface area contributed by atoms with E-state index in [0.717, 1.165) is 37.7 Å². The maximum absolute atomic E-state index is 12.7. The van der Waals surface area contributed by atoms with Crippen LogP contribution < -0.4 is 0 Å². The fraction of sp³-hybridized carbons (Fsp3) is 0.682. The topological polar surface area (TPSA) is 69.7 Å². The number of fused-ring (bicyclic) bond motifs is 3. The van der Waals surface area contributed by atoms with Gasteiger partial charge >= 0.3 is 11.9 Å². The van der Waals surface area contributed by atoms with E-state index in [2.05, 4.69) is 13.5 Å². The highest BCUT2D eigenvalue weighted by molar-refractivity contribution is 6.06. The lowest BCUT2D eigenvalue weighted by atomic mass is 9.46. The van der Waals surface area contributed by atoms with Crippen molar-refractivity contribution < 1.29 is 23.9 Å². The molecule has 0 spiro atoms. The summed E-state index contributed by atoms with van der Waals surface area (Å²) in [4.78, 5) is 37.6. The van der Waals surface area contributed by atoms with Crippen molar-refractivity contribution in [3.05, 3.63) is 24.3 Å². The molecule has 3 aliphatic rings. The molecule has 0 aromatic heterocycles. The van der Waals surface area contributed by atoms with E-state index in [9.17, 15) is 14.4 Å². The second kappa shape index (κ2) is 7.25. The first-order valence-electron chi connectivity index (χ1n) is 9.89. The van der Waals surface area contributed by atoms with Crippen LogP contribution in [0.4, 0.5) is 0 Å². The Hall–Kier alpha value is -1.91. The predicted molar refractivity (Wildman–Crippen MR) is 101 cm³/mol. The van der Waals surface area contributed by atoms with E-state index in [4.69, 9.17) is 9.47 Å². The first-order valence-corrected chi connectivity index (χ1v) is 9.89. The minimum Gasteiger partial charge on any atom is -0.469 e. The zero-order valence-electron chi connectivity index (χ0n) is 16.6. The van der Waals surface area contributed by atoms with E-state index in [0.29, 0.717) is 6.42 Å². The van der Waals surface area contributed by atoms with Crippen LogP contribution in [0.3, 0.4) is 0 Å². The number of allylic oxidation sites excluding steroid dienone is 2. The molecule has 0 N–H and O–H groups in total. The van der Waals surface area contributed by atoms with Crippen molar-refractivity contribution in [2.75, 3.05) is 13.7 Å². The largest absolute Gasteiger partial charge is 0.469 e. The van der Waals surface area contributed by atoms with Gasteiger partial charge in [0.05, 0.1) is 12.5 Å². The molecular formula is C22H30O5. The summed E-state index contributed by atoms with van der Waals surface area (Å²) in [6.07, 6.45) is 8.23. The molecule has 2 saturated carbocycles. The quantitative estimate of drug-likeness (QED) is 0.427. The van der Waals surface area contributed by atoms with E-state index >= 15 is 0 Å². The van der Waals surface area contributed by atoms with Gasteiger partial charge in [0.1, 0.15) is 12.5 Å². The molecule has 0 aromatic carbocycles. The number of ether oxygens (including phenoxy) is 2. The van der Waals surface area contributed by atoms with Crippen molar-refractivity contribution in [1.82, 2.24) is 0 Å². The number of rotatable bonds is 4. The van der Waals surface area contributed by atoms with Crippen LogP contribution in [0.15, 0.2) is 24.3 Å². The summed E-state index contributed by atoms with van der Waals surface area (Å²) in [7, 11) is 1.45. The fourth-order valence-corrected chi connectivity index (χ4v) is 5.96. The highest BCUT2D eigenvalue weighted by Gasteiger charge is 2.58. The van der Waals surface area contributed by atoms with E-state index < -0.39 is 17.3 Å². The Labute approximate surface area is 161 Å². The van der Waals surface area contributed by atoms with E-state index in [-0.39, 0.29) is 35.6 Å². The fourth-order valence-electron chi connectivity index (χ4n) is 5.96. The van der Waals surface area contributed by atoms with Crippen LogP contribution in [0.25, 0.3) is 0 Å². The van der Waals surface area contributed by atoms with E-state index in [1.165, 1.54) is 13.2 Å². The average Bonchev–Trinajstić information content (AvgIpc) is 2.65. The number of methoxy groups -OCH3 is 1. The summed E-state index contributed by atoms with van der Waals surface area (Å²) in [6.45, 7) is 7.88. The van der Waals surface area contributed by atoms with Gasteiger partial charge in [-0.25, -0.2) is 0 Å². The number of hydrogen-bond donors (Lipinski definition) is 0. The van der Waals surface area contributed by atoms with Crippen molar-refractivity contribution in [3.63, 3.8) is 0 Å². The molecule has 2 fully saturated rings. The minimum absolute atomic E-state index is 0.126.